The molecule has 8 heteroatoms. The van der Waals surface area contributed by atoms with Crippen molar-refractivity contribution in [3.8, 4) is 23.8 Å². The van der Waals surface area contributed by atoms with Crippen LogP contribution in [-0.4, -0.2) is 46.2 Å². The van der Waals surface area contributed by atoms with Gasteiger partial charge >= 0.3 is 0 Å². The van der Waals surface area contributed by atoms with Gasteiger partial charge in [0.2, 0.25) is 0 Å². The van der Waals surface area contributed by atoms with E-state index < -0.39 is 0 Å². The van der Waals surface area contributed by atoms with Crippen LogP contribution in [0.25, 0.3) is 0 Å². The molecule has 3 N–H and O–H groups in total. The second-order valence-electron chi connectivity index (χ2n) is 6.36. The van der Waals surface area contributed by atoms with E-state index in [1.165, 1.54) is 0 Å². The van der Waals surface area contributed by atoms with Crippen LogP contribution in [0.5, 0.6) is 11.5 Å². The first-order valence-electron chi connectivity index (χ1n) is 9.60. The van der Waals surface area contributed by atoms with Crippen molar-refractivity contribution < 1.29 is 14.3 Å². The van der Waals surface area contributed by atoms with Gasteiger partial charge in [0.15, 0.2) is 17.5 Å². The van der Waals surface area contributed by atoms with Crippen LogP contribution in [-0.2, 0) is 13.0 Å². The molecule has 0 atom stereocenters. The predicted molar refractivity (Wildman–Crippen MR) is 134 cm³/mol. The van der Waals surface area contributed by atoms with Crippen LogP contribution < -0.4 is 25.4 Å². The number of terminal acetylenes is 1. The first kappa shape index (κ1) is 26.1. The molecule has 2 rings (SSSR count). The van der Waals surface area contributed by atoms with Crippen LogP contribution in [0.4, 0.5) is 0 Å². The number of guanidine groups is 1. The maximum Gasteiger partial charge on any atom is 0.251 e. The quantitative estimate of drug-likeness (QED) is 0.199. The molecule has 0 aliphatic carbocycles. The van der Waals surface area contributed by atoms with Gasteiger partial charge in [-0.3, -0.25) is 9.79 Å². The SMILES string of the molecule is C#CCOc1cc(CNC(=NC)NCCc2cccc(C(=O)NC)c2)ccc1OC.I. The molecule has 0 bridgehead atoms. The number of carbonyl (C=O) groups excluding carboxylic acids is 1. The summed E-state index contributed by atoms with van der Waals surface area (Å²) >= 11 is 0. The molecular formula is C23H29IN4O3. The number of nitrogens with one attached hydrogen (secondary N) is 3. The van der Waals surface area contributed by atoms with E-state index in [-0.39, 0.29) is 36.5 Å². The summed E-state index contributed by atoms with van der Waals surface area (Å²) in [4.78, 5) is 16.0. The Hall–Kier alpha value is -2.93. The largest absolute Gasteiger partial charge is 0.493 e. The fourth-order valence-electron chi connectivity index (χ4n) is 2.81. The minimum atomic E-state index is -0.0904. The summed E-state index contributed by atoms with van der Waals surface area (Å²) in [5.41, 5.74) is 2.73. The molecular weight excluding hydrogens is 507 g/mol. The summed E-state index contributed by atoms with van der Waals surface area (Å²) in [5.74, 6) is 4.28. The Bertz CT molecular complexity index is 925. The van der Waals surface area contributed by atoms with E-state index in [1.807, 2.05) is 36.4 Å². The van der Waals surface area contributed by atoms with Gasteiger partial charge in [0.25, 0.3) is 5.91 Å². The Labute approximate surface area is 201 Å². The van der Waals surface area contributed by atoms with Gasteiger partial charge in [-0.05, 0) is 41.8 Å². The third-order valence-electron chi connectivity index (χ3n) is 4.34. The van der Waals surface area contributed by atoms with E-state index in [9.17, 15) is 4.79 Å². The van der Waals surface area contributed by atoms with Crippen LogP contribution in [0.3, 0.4) is 0 Å². The maximum absolute atomic E-state index is 11.8. The molecule has 0 aromatic heterocycles. The monoisotopic (exact) mass is 536 g/mol. The number of carbonyl (C=O) groups is 1. The predicted octanol–water partition coefficient (Wildman–Crippen LogP) is 2.59. The second kappa shape index (κ2) is 14.1. The number of ether oxygens (including phenoxy) is 2. The van der Waals surface area contributed by atoms with Crippen LogP contribution in [0.1, 0.15) is 21.5 Å². The van der Waals surface area contributed by atoms with Gasteiger partial charge in [0.05, 0.1) is 7.11 Å². The fourth-order valence-corrected chi connectivity index (χ4v) is 2.81. The van der Waals surface area contributed by atoms with Crippen molar-refractivity contribution in [2.24, 2.45) is 4.99 Å². The van der Waals surface area contributed by atoms with E-state index >= 15 is 0 Å². The van der Waals surface area contributed by atoms with E-state index in [4.69, 9.17) is 15.9 Å². The number of methoxy groups -OCH3 is 1. The molecule has 1 amide bonds. The van der Waals surface area contributed by atoms with E-state index in [0.29, 0.717) is 36.1 Å². The molecule has 0 aliphatic rings. The highest BCUT2D eigenvalue weighted by Gasteiger charge is 2.07. The number of aliphatic imine (C=N–C) groups is 1. The molecule has 31 heavy (non-hydrogen) atoms. The lowest BCUT2D eigenvalue weighted by Crippen LogP contribution is -2.37. The topological polar surface area (TPSA) is 84.0 Å². The molecule has 166 valence electrons. The fraction of sp³-hybridized carbons (Fsp3) is 0.304. The van der Waals surface area contributed by atoms with Gasteiger partial charge < -0.3 is 25.4 Å². The van der Waals surface area contributed by atoms with Gasteiger partial charge in [0.1, 0.15) is 6.61 Å². The van der Waals surface area contributed by atoms with Gasteiger partial charge in [0, 0.05) is 32.7 Å². The molecule has 7 nitrogen and oxygen atoms in total. The highest BCUT2D eigenvalue weighted by Crippen LogP contribution is 2.27. The van der Waals surface area contributed by atoms with Crippen molar-refractivity contribution in [3.63, 3.8) is 0 Å². The number of amides is 1. The Balaban J connectivity index is 0.00000480. The molecule has 0 spiro atoms. The molecule has 0 saturated carbocycles. The van der Waals surface area contributed by atoms with Gasteiger partial charge in [-0.25, -0.2) is 0 Å². The average molecular weight is 536 g/mol. The molecule has 0 saturated heterocycles. The molecule has 0 radical (unpaired) electrons. The minimum absolute atomic E-state index is 0. The first-order valence-corrected chi connectivity index (χ1v) is 9.60. The smallest absolute Gasteiger partial charge is 0.251 e. The lowest BCUT2D eigenvalue weighted by molar-refractivity contribution is 0.0963. The van der Waals surface area contributed by atoms with E-state index in [1.54, 1.807) is 27.3 Å². The minimum Gasteiger partial charge on any atom is -0.493 e. The lowest BCUT2D eigenvalue weighted by Gasteiger charge is -2.14. The Kier molecular flexibility index (Phi) is 11.9. The number of benzene rings is 2. The van der Waals surface area contributed by atoms with Crippen LogP contribution in [0.15, 0.2) is 47.5 Å². The number of rotatable bonds is 9. The van der Waals surface area contributed by atoms with E-state index in [0.717, 1.165) is 17.5 Å². The third-order valence-corrected chi connectivity index (χ3v) is 4.34. The summed E-state index contributed by atoms with van der Waals surface area (Å²) in [6.07, 6.45) is 6.03. The number of hydrogen-bond donors (Lipinski definition) is 3. The van der Waals surface area contributed by atoms with Crippen molar-refractivity contribution >= 4 is 35.8 Å². The number of nitrogens with zero attached hydrogens (tertiary/aromatic N) is 1. The standard InChI is InChI=1S/C23H28N4O3.HI/c1-5-13-30-21-15-18(9-10-20(21)29-4)16-27-23(25-3)26-12-11-17-7-6-8-19(14-17)22(28)24-2;/h1,6-10,14-15H,11-13,16H2,2-4H3,(H,24,28)(H2,25,26,27);1H. The van der Waals surface area contributed by atoms with Crippen molar-refractivity contribution in [3.05, 3.63) is 59.2 Å². The zero-order valence-corrected chi connectivity index (χ0v) is 20.4. The maximum atomic E-state index is 11.8. The summed E-state index contributed by atoms with van der Waals surface area (Å²) in [6, 6.07) is 13.3. The highest BCUT2D eigenvalue weighted by atomic mass is 127. The second-order valence-corrected chi connectivity index (χ2v) is 6.36. The zero-order valence-electron chi connectivity index (χ0n) is 18.0. The van der Waals surface area contributed by atoms with Crippen molar-refractivity contribution in [1.82, 2.24) is 16.0 Å². The van der Waals surface area contributed by atoms with Gasteiger partial charge in [-0.1, -0.05) is 24.1 Å². The zero-order chi connectivity index (χ0) is 21.8. The summed E-state index contributed by atoms with van der Waals surface area (Å²) in [6.45, 7) is 1.41. The van der Waals surface area contributed by atoms with Crippen LogP contribution >= 0.6 is 24.0 Å². The number of hydrogen-bond acceptors (Lipinski definition) is 4. The normalized spacial score (nSPS) is 10.3. The van der Waals surface area contributed by atoms with Crippen LogP contribution in [0.2, 0.25) is 0 Å². The third kappa shape index (κ3) is 8.38. The van der Waals surface area contributed by atoms with Crippen molar-refractivity contribution in [2.75, 3.05) is 34.4 Å². The Morgan fingerprint density at radius 1 is 1.13 bits per heavy atom. The Morgan fingerprint density at radius 3 is 2.61 bits per heavy atom. The summed E-state index contributed by atoms with van der Waals surface area (Å²) < 4.78 is 10.8. The molecule has 0 unspecified atom stereocenters. The lowest BCUT2D eigenvalue weighted by atomic mass is 10.1. The first-order chi connectivity index (χ1) is 14.6. The average Bonchev–Trinajstić information content (AvgIpc) is 2.79. The molecule has 0 aliphatic heterocycles. The highest BCUT2D eigenvalue weighted by molar-refractivity contribution is 14.0. The Morgan fingerprint density at radius 2 is 1.94 bits per heavy atom. The van der Waals surface area contributed by atoms with Crippen LogP contribution in [0, 0.1) is 12.3 Å². The summed E-state index contributed by atoms with van der Waals surface area (Å²) in [7, 11) is 4.93. The summed E-state index contributed by atoms with van der Waals surface area (Å²) in [5, 5.41) is 9.18. The van der Waals surface area contributed by atoms with Gasteiger partial charge in [-0.2, -0.15) is 0 Å². The number of halogens is 1. The van der Waals surface area contributed by atoms with Crippen molar-refractivity contribution in [1.29, 1.82) is 0 Å². The molecule has 0 heterocycles. The van der Waals surface area contributed by atoms with Crippen molar-refractivity contribution in [2.45, 2.75) is 13.0 Å². The molecule has 2 aromatic rings. The van der Waals surface area contributed by atoms with E-state index in [2.05, 4.69) is 26.9 Å². The molecule has 2 aromatic carbocycles. The van der Waals surface area contributed by atoms with Gasteiger partial charge in [-0.15, -0.1) is 30.4 Å². The molecule has 0 fully saturated rings.